The quantitative estimate of drug-likeness (QED) is 0.334. The fourth-order valence-electron chi connectivity index (χ4n) is 2.94. The van der Waals surface area contributed by atoms with Gasteiger partial charge < -0.3 is 9.15 Å². The minimum Gasteiger partial charge on any atom is -0.450 e. The normalized spacial score (nSPS) is 10.9. The molecule has 0 spiro atoms. The van der Waals surface area contributed by atoms with Crippen molar-refractivity contribution in [1.29, 1.82) is 0 Å². The van der Waals surface area contributed by atoms with Gasteiger partial charge in [-0.2, -0.15) is 0 Å². The predicted molar refractivity (Wildman–Crippen MR) is 114 cm³/mol. The summed E-state index contributed by atoms with van der Waals surface area (Å²) in [5.41, 5.74) is 1.31. The number of aromatic nitrogens is 3. The Morgan fingerprint density at radius 3 is 2.90 bits per heavy atom. The maximum Gasteiger partial charge on any atom is 0.411 e. The number of nitrogens with one attached hydrogen (secondary N) is 2. The van der Waals surface area contributed by atoms with Crippen LogP contribution in [0, 0.1) is 5.82 Å². The Bertz CT molecular complexity index is 1300. The molecule has 4 rings (SSSR count). The lowest BCUT2D eigenvalue weighted by atomic mass is 10.1. The predicted octanol–water partition coefficient (Wildman–Crippen LogP) is 4.58. The number of thioether (sulfide) groups is 1. The average molecular weight is 440 g/mol. The summed E-state index contributed by atoms with van der Waals surface area (Å²) >= 11 is 1.29. The summed E-state index contributed by atoms with van der Waals surface area (Å²) in [6, 6.07) is 12.7. The van der Waals surface area contributed by atoms with Gasteiger partial charge >= 0.3 is 11.7 Å². The van der Waals surface area contributed by atoms with Crippen LogP contribution in [0.15, 0.2) is 62.9 Å². The number of hydrogen-bond acceptors (Lipinski definition) is 7. The highest BCUT2D eigenvalue weighted by Crippen LogP contribution is 2.28. The van der Waals surface area contributed by atoms with Crippen molar-refractivity contribution in [3.63, 3.8) is 0 Å². The summed E-state index contributed by atoms with van der Waals surface area (Å²) in [5.74, 6) is 0.322. The number of hydrogen-bond donors (Lipinski definition) is 2. The van der Waals surface area contributed by atoms with E-state index in [0.717, 1.165) is 5.56 Å². The Hall–Kier alpha value is -3.66. The zero-order valence-electron chi connectivity index (χ0n) is 16.3. The molecule has 10 heteroatoms. The highest BCUT2D eigenvalue weighted by molar-refractivity contribution is 7.98. The largest absolute Gasteiger partial charge is 0.450 e. The van der Waals surface area contributed by atoms with Gasteiger partial charge in [-0.05, 0) is 36.8 Å². The molecule has 2 aromatic heterocycles. The number of ether oxygens (including phenoxy) is 1. The van der Waals surface area contributed by atoms with E-state index in [1.165, 1.54) is 23.9 Å². The summed E-state index contributed by atoms with van der Waals surface area (Å²) in [7, 11) is 0. The number of halogens is 1. The molecule has 0 unspecified atom stereocenters. The van der Waals surface area contributed by atoms with Crippen molar-refractivity contribution >= 4 is 34.5 Å². The second kappa shape index (κ2) is 9.00. The molecular weight excluding hydrogens is 423 g/mol. The Balaban J connectivity index is 1.54. The van der Waals surface area contributed by atoms with Crippen molar-refractivity contribution < 1.29 is 18.3 Å². The lowest BCUT2D eigenvalue weighted by molar-refractivity contribution is 0.168. The Morgan fingerprint density at radius 2 is 2.10 bits per heavy atom. The van der Waals surface area contributed by atoms with Gasteiger partial charge in [0, 0.05) is 29.0 Å². The van der Waals surface area contributed by atoms with Gasteiger partial charge in [-0.1, -0.05) is 23.9 Å². The van der Waals surface area contributed by atoms with Crippen LogP contribution in [-0.4, -0.2) is 27.9 Å². The first kappa shape index (κ1) is 20.6. The molecule has 0 aliphatic heterocycles. The fraction of sp³-hybridized carbons (Fsp3) is 0.143. The Morgan fingerprint density at radius 1 is 1.26 bits per heavy atom. The number of benzene rings is 2. The molecule has 8 nitrogen and oxygen atoms in total. The number of rotatable bonds is 6. The van der Waals surface area contributed by atoms with Crippen molar-refractivity contribution in [2.75, 3.05) is 11.9 Å². The molecule has 31 heavy (non-hydrogen) atoms. The van der Waals surface area contributed by atoms with Crippen molar-refractivity contribution in [2.24, 2.45) is 0 Å². The molecule has 0 fully saturated rings. The van der Waals surface area contributed by atoms with Gasteiger partial charge in [0.25, 0.3) is 0 Å². The Labute approximate surface area is 179 Å². The van der Waals surface area contributed by atoms with E-state index < -0.39 is 17.5 Å². The van der Waals surface area contributed by atoms with Crippen LogP contribution >= 0.6 is 11.8 Å². The number of H-pyrrole nitrogens is 1. The molecule has 0 atom stereocenters. The third kappa shape index (κ3) is 4.75. The lowest BCUT2D eigenvalue weighted by Crippen LogP contribution is -2.13. The fourth-order valence-corrected chi connectivity index (χ4v) is 3.73. The molecule has 4 aromatic rings. The third-order valence-corrected chi connectivity index (χ3v) is 5.20. The molecule has 158 valence electrons. The van der Waals surface area contributed by atoms with Gasteiger partial charge in [-0.25, -0.2) is 19.0 Å². The number of nitrogens with zero attached hydrogens (tertiary/aromatic N) is 2. The summed E-state index contributed by atoms with van der Waals surface area (Å²) in [6.45, 7) is 1.95. The van der Waals surface area contributed by atoms with E-state index in [2.05, 4.69) is 20.5 Å². The molecule has 0 saturated heterocycles. The standard InChI is InChI=1S/C21H17FN4O4S/c1-2-29-21(28)23-13-7-8-14-12(9-18(27)30-17(14)10-13)11-31-20-24-19(25-26-20)15-5-3-4-6-16(15)22/h3-10H,2,11H2,1H3,(H,23,28)(H,24,25,26). The summed E-state index contributed by atoms with van der Waals surface area (Å²) in [6.07, 6.45) is -0.592. The van der Waals surface area contributed by atoms with Crippen molar-refractivity contribution in [3.05, 3.63) is 70.3 Å². The van der Waals surface area contributed by atoms with E-state index in [1.807, 2.05) is 0 Å². The zero-order valence-corrected chi connectivity index (χ0v) is 17.2. The van der Waals surface area contributed by atoms with Gasteiger partial charge in [-0.3, -0.25) is 10.4 Å². The van der Waals surface area contributed by atoms with E-state index in [4.69, 9.17) is 9.15 Å². The maximum atomic E-state index is 13.9. The van der Waals surface area contributed by atoms with Crippen molar-refractivity contribution in [2.45, 2.75) is 17.8 Å². The van der Waals surface area contributed by atoms with E-state index in [9.17, 15) is 14.0 Å². The molecule has 2 aromatic carbocycles. The zero-order chi connectivity index (χ0) is 21.8. The van der Waals surface area contributed by atoms with Crippen LogP contribution in [0.5, 0.6) is 0 Å². The summed E-state index contributed by atoms with van der Waals surface area (Å²) in [5, 5.41) is 10.5. The van der Waals surface area contributed by atoms with Gasteiger partial charge in [0.15, 0.2) is 5.82 Å². The molecule has 0 bridgehead atoms. The number of fused-ring (bicyclic) bond motifs is 1. The first-order valence-electron chi connectivity index (χ1n) is 9.34. The highest BCUT2D eigenvalue weighted by atomic mass is 32.2. The number of carbonyl (C=O) groups excluding carboxylic acids is 1. The number of anilines is 1. The summed E-state index contributed by atoms with van der Waals surface area (Å²) < 4.78 is 24.1. The molecular formula is C21H17FN4O4S. The number of carbonyl (C=O) groups is 1. The van der Waals surface area contributed by atoms with Crippen LogP contribution in [0.25, 0.3) is 22.4 Å². The molecule has 0 radical (unpaired) electrons. The van der Waals surface area contributed by atoms with Gasteiger partial charge in [0.1, 0.15) is 11.4 Å². The van der Waals surface area contributed by atoms with E-state index >= 15 is 0 Å². The van der Waals surface area contributed by atoms with Crippen LogP contribution in [-0.2, 0) is 10.5 Å². The molecule has 2 heterocycles. The molecule has 0 aliphatic carbocycles. The highest BCUT2D eigenvalue weighted by Gasteiger charge is 2.13. The monoisotopic (exact) mass is 440 g/mol. The number of aromatic amines is 1. The molecule has 1 amide bonds. The van der Waals surface area contributed by atoms with Crippen molar-refractivity contribution in [3.8, 4) is 11.4 Å². The SMILES string of the molecule is CCOC(=O)Nc1ccc2c(CSc3n[nH]c(-c4ccccc4F)n3)cc(=O)oc2c1. The maximum absolute atomic E-state index is 13.9. The minimum atomic E-state index is -0.592. The van der Waals surface area contributed by atoms with Gasteiger partial charge in [-0.15, -0.1) is 5.10 Å². The second-order valence-corrected chi connectivity index (χ2v) is 7.32. The van der Waals surface area contributed by atoms with Crippen LogP contribution in [0.1, 0.15) is 12.5 Å². The first-order chi connectivity index (χ1) is 15.0. The Kier molecular flexibility index (Phi) is 5.99. The smallest absolute Gasteiger partial charge is 0.411 e. The summed E-state index contributed by atoms with van der Waals surface area (Å²) in [4.78, 5) is 27.9. The van der Waals surface area contributed by atoms with E-state index in [-0.39, 0.29) is 6.61 Å². The van der Waals surface area contributed by atoms with Gasteiger partial charge in [0.05, 0.1) is 12.2 Å². The van der Waals surface area contributed by atoms with E-state index in [0.29, 0.717) is 39.0 Å². The van der Waals surface area contributed by atoms with E-state index in [1.54, 1.807) is 43.3 Å². The lowest BCUT2D eigenvalue weighted by Gasteiger charge is -2.08. The first-order valence-corrected chi connectivity index (χ1v) is 10.3. The molecule has 2 N–H and O–H groups in total. The van der Waals surface area contributed by atoms with Crippen molar-refractivity contribution in [1.82, 2.24) is 15.2 Å². The number of amides is 1. The topological polar surface area (TPSA) is 110 Å². The van der Waals surface area contributed by atoms with Crippen LogP contribution in [0.4, 0.5) is 14.9 Å². The average Bonchev–Trinajstić information content (AvgIpc) is 3.21. The molecule has 0 aliphatic rings. The minimum absolute atomic E-state index is 0.246. The van der Waals surface area contributed by atoms with Crippen LogP contribution in [0.2, 0.25) is 0 Å². The van der Waals surface area contributed by atoms with Crippen LogP contribution < -0.4 is 10.9 Å². The van der Waals surface area contributed by atoms with Crippen LogP contribution in [0.3, 0.4) is 0 Å². The molecule has 0 saturated carbocycles. The third-order valence-electron chi connectivity index (χ3n) is 4.30. The van der Waals surface area contributed by atoms with Gasteiger partial charge in [0.2, 0.25) is 5.16 Å². The second-order valence-electron chi connectivity index (χ2n) is 6.38.